The lowest BCUT2D eigenvalue weighted by atomic mass is 9.97. The Morgan fingerprint density at radius 3 is 2.73 bits per heavy atom. The Kier molecular flexibility index (Phi) is 4.51. The quantitative estimate of drug-likeness (QED) is 0.784. The van der Waals surface area contributed by atoms with E-state index in [0.29, 0.717) is 12.1 Å². The van der Waals surface area contributed by atoms with Crippen LogP contribution in [0.4, 0.5) is 10.5 Å². The van der Waals surface area contributed by atoms with Crippen LogP contribution in [0.2, 0.25) is 0 Å². The average molecular weight is 300 g/mol. The van der Waals surface area contributed by atoms with Crippen LogP contribution in [0.15, 0.2) is 18.2 Å². The fraction of sp³-hybridized carbons (Fsp3) is 0.471. The zero-order chi connectivity index (χ0) is 16.3. The third-order valence-corrected chi connectivity index (χ3v) is 3.37. The molecule has 1 aliphatic rings. The summed E-state index contributed by atoms with van der Waals surface area (Å²) in [6.45, 7) is 6.10. The highest BCUT2D eigenvalue weighted by Gasteiger charge is 2.27. The Morgan fingerprint density at radius 1 is 1.36 bits per heavy atom. The van der Waals surface area contributed by atoms with Gasteiger partial charge < -0.3 is 4.74 Å². The zero-order valence-corrected chi connectivity index (χ0v) is 13.2. The fourth-order valence-electron chi connectivity index (χ4n) is 2.45. The molecule has 1 aromatic rings. The Bertz CT molecular complexity index is 638. The van der Waals surface area contributed by atoms with Gasteiger partial charge in [-0.1, -0.05) is 0 Å². The van der Waals surface area contributed by atoms with E-state index in [9.17, 15) is 9.59 Å². The molecule has 1 heterocycles. The van der Waals surface area contributed by atoms with Crippen LogP contribution in [0, 0.1) is 11.3 Å². The summed E-state index contributed by atoms with van der Waals surface area (Å²) >= 11 is 0. The smallest absolute Gasteiger partial charge is 0.414 e. The highest BCUT2D eigenvalue weighted by Crippen LogP contribution is 2.29. The molecule has 1 aromatic carbocycles. The van der Waals surface area contributed by atoms with Crippen LogP contribution in [-0.2, 0) is 11.2 Å². The molecule has 2 rings (SSSR count). The van der Waals surface area contributed by atoms with Gasteiger partial charge in [0.05, 0.1) is 18.2 Å². The predicted molar refractivity (Wildman–Crippen MR) is 82.9 cm³/mol. The van der Waals surface area contributed by atoms with Crippen molar-refractivity contribution in [1.82, 2.24) is 0 Å². The van der Waals surface area contributed by atoms with E-state index in [0.717, 1.165) is 24.1 Å². The van der Waals surface area contributed by atoms with Crippen molar-refractivity contribution >= 4 is 17.6 Å². The van der Waals surface area contributed by atoms with Gasteiger partial charge in [-0.25, -0.2) is 4.79 Å². The molecule has 5 heteroatoms. The Morgan fingerprint density at radius 2 is 2.09 bits per heavy atom. The van der Waals surface area contributed by atoms with Crippen molar-refractivity contribution in [3.05, 3.63) is 29.3 Å². The summed E-state index contributed by atoms with van der Waals surface area (Å²) in [6.07, 6.45) is 1.13. The molecule has 0 N–H and O–H groups in total. The van der Waals surface area contributed by atoms with Crippen LogP contribution in [0.1, 0.15) is 49.5 Å². The van der Waals surface area contributed by atoms with Gasteiger partial charge in [-0.2, -0.15) is 5.26 Å². The van der Waals surface area contributed by atoms with Crippen LogP contribution >= 0.6 is 0 Å². The number of fused-ring (bicyclic) bond motifs is 1. The average Bonchev–Trinajstić information content (AvgIpc) is 2.44. The fourth-order valence-corrected chi connectivity index (χ4v) is 2.45. The lowest BCUT2D eigenvalue weighted by molar-refractivity contribution is 0.0577. The van der Waals surface area contributed by atoms with Gasteiger partial charge in [0.15, 0.2) is 5.78 Å². The number of ether oxygens (including phenoxy) is 1. The van der Waals surface area contributed by atoms with Gasteiger partial charge in [-0.05, 0) is 57.4 Å². The molecular weight excluding hydrogens is 280 g/mol. The summed E-state index contributed by atoms with van der Waals surface area (Å²) < 4.78 is 5.43. The number of aryl methyl sites for hydroxylation is 1. The largest absolute Gasteiger partial charge is 0.443 e. The van der Waals surface area contributed by atoms with Gasteiger partial charge in [0.25, 0.3) is 0 Å². The van der Waals surface area contributed by atoms with Crippen molar-refractivity contribution in [2.24, 2.45) is 0 Å². The molecular formula is C17H20N2O3. The first-order valence-corrected chi connectivity index (χ1v) is 7.35. The van der Waals surface area contributed by atoms with Crippen molar-refractivity contribution in [1.29, 1.82) is 5.26 Å². The number of rotatable bonds is 2. The first-order valence-electron chi connectivity index (χ1n) is 7.35. The van der Waals surface area contributed by atoms with E-state index >= 15 is 0 Å². The summed E-state index contributed by atoms with van der Waals surface area (Å²) in [7, 11) is 0. The highest BCUT2D eigenvalue weighted by molar-refractivity contribution is 5.98. The van der Waals surface area contributed by atoms with E-state index in [1.807, 2.05) is 26.8 Å². The molecule has 22 heavy (non-hydrogen) atoms. The number of hydrogen-bond donors (Lipinski definition) is 0. The number of amides is 1. The Balaban J connectivity index is 2.27. The summed E-state index contributed by atoms with van der Waals surface area (Å²) in [5.74, 6) is -0.195. The molecule has 1 amide bonds. The van der Waals surface area contributed by atoms with Crippen LogP contribution in [0.5, 0.6) is 0 Å². The van der Waals surface area contributed by atoms with E-state index in [2.05, 4.69) is 0 Å². The van der Waals surface area contributed by atoms with E-state index < -0.39 is 5.60 Å². The number of carbonyl (C=O) groups is 2. The van der Waals surface area contributed by atoms with E-state index in [-0.39, 0.29) is 18.3 Å². The molecule has 0 unspecified atom stereocenters. The molecule has 0 fully saturated rings. The van der Waals surface area contributed by atoms with Crippen LogP contribution in [0.25, 0.3) is 0 Å². The van der Waals surface area contributed by atoms with Crippen molar-refractivity contribution < 1.29 is 14.3 Å². The molecule has 5 nitrogen and oxygen atoms in total. The Hall–Kier alpha value is -2.35. The number of benzene rings is 1. The van der Waals surface area contributed by atoms with Gasteiger partial charge in [0, 0.05) is 12.1 Å². The number of Topliss-reactive ketones (excluding diaryl/α,β-unsaturated/α-hetero) is 1. The molecule has 0 radical (unpaired) electrons. The monoisotopic (exact) mass is 300 g/mol. The van der Waals surface area contributed by atoms with E-state index in [4.69, 9.17) is 10.00 Å². The third-order valence-electron chi connectivity index (χ3n) is 3.37. The third kappa shape index (κ3) is 3.64. The predicted octanol–water partition coefficient (Wildman–Crippen LogP) is 3.47. The van der Waals surface area contributed by atoms with Crippen molar-refractivity contribution in [2.75, 3.05) is 11.4 Å². The van der Waals surface area contributed by atoms with Gasteiger partial charge in [-0.3, -0.25) is 9.69 Å². The molecule has 0 aromatic heterocycles. The highest BCUT2D eigenvalue weighted by atomic mass is 16.6. The molecule has 0 saturated carbocycles. The maximum absolute atomic E-state index is 12.3. The number of ketones is 1. The van der Waals surface area contributed by atoms with E-state index in [1.54, 1.807) is 23.1 Å². The van der Waals surface area contributed by atoms with Crippen molar-refractivity contribution in [3.63, 3.8) is 0 Å². The molecule has 1 aliphatic heterocycles. The lowest BCUT2D eigenvalue weighted by Crippen LogP contribution is -2.39. The molecule has 0 saturated heterocycles. The van der Waals surface area contributed by atoms with Gasteiger partial charge in [0.1, 0.15) is 5.60 Å². The van der Waals surface area contributed by atoms with E-state index in [1.165, 1.54) is 0 Å². The second-order valence-corrected chi connectivity index (χ2v) is 6.34. The molecule has 0 atom stereocenters. The van der Waals surface area contributed by atoms with Crippen LogP contribution < -0.4 is 4.90 Å². The standard InChI is InChI=1S/C17H20N2O3/c1-17(2,3)22-16(21)19-10-4-5-12-11-13(6-7-14(12)19)15(20)8-9-18/h6-7,11H,4-5,8,10H2,1-3H3. The zero-order valence-electron chi connectivity index (χ0n) is 13.2. The minimum Gasteiger partial charge on any atom is -0.443 e. The minimum absolute atomic E-state index is 0.130. The number of nitriles is 1. The number of carbonyl (C=O) groups excluding carboxylic acids is 2. The topological polar surface area (TPSA) is 70.4 Å². The summed E-state index contributed by atoms with van der Waals surface area (Å²) in [6, 6.07) is 7.08. The SMILES string of the molecule is CC(C)(C)OC(=O)N1CCCc2cc(C(=O)CC#N)ccc21. The van der Waals surface area contributed by atoms with Crippen molar-refractivity contribution in [2.45, 2.75) is 45.6 Å². The summed E-state index contributed by atoms with van der Waals surface area (Å²) in [5.41, 5.74) is 1.71. The first-order chi connectivity index (χ1) is 10.3. The number of nitrogens with zero attached hydrogens (tertiary/aromatic N) is 2. The first kappa shape index (κ1) is 16.0. The molecule has 0 spiro atoms. The van der Waals surface area contributed by atoms with Gasteiger partial charge in [-0.15, -0.1) is 0 Å². The molecule has 0 aliphatic carbocycles. The van der Waals surface area contributed by atoms with Gasteiger partial charge >= 0.3 is 6.09 Å². The van der Waals surface area contributed by atoms with Crippen molar-refractivity contribution in [3.8, 4) is 6.07 Å². The van der Waals surface area contributed by atoms with Gasteiger partial charge in [0.2, 0.25) is 0 Å². The maximum atomic E-state index is 12.3. The maximum Gasteiger partial charge on any atom is 0.414 e. The molecule has 0 bridgehead atoms. The second kappa shape index (κ2) is 6.18. The normalized spacial score (nSPS) is 14.0. The molecule has 116 valence electrons. The summed E-state index contributed by atoms with van der Waals surface area (Å²) in [5, 5.41) is 8.62. The minimum atomic E-state index is -0.544. The van der Waals surface area contributed by atoms with Crippen LogP contribution in [0.3, 0.4) is 0 Å². The lowest BCUT2D eigenvalue weighted by Gasteiger charge is -2.31. The Labute approximate surface area is 130 Å². The number of anilines is 1. The number of hydrogen-bond acceptors (Lipinski definition) is 4. The van der Waals surface area contributed by atoms with Crippen LogP contribution in [-0.4, -0.2) is 24.0 Å². The summed E-state index contributed by atoms with van der Waals surface area (Å²) in [4.78, 5) is 25.7. The second-order valence-electron chi connectivity index (χ2n) is 6.34.